The fourth-order valence-electron chi connectivity index (χ4n) is 2.99. The molecule has 1 aromatic heterocycles. The first-order valence-electron chi connectivity index (χ1n) is 7.01. The predicted octanol–water partition coefficient (Wildman–Crippen LogP) is 3.80. The van der Waals surface area contributed by atoms with Crippen LogP contribution < -0.4 is 0 Å². The number of rotatable bonds is 4. The smallest absolute Gasteiger partial charge is 0.221 e. The van der Waals surface area contributed by atoms with Crippen LogP contribution in [0.3, 0.4) is 0 Å². The van der Waals surface area contributed by atoms with Crippen LogP contribution >= 0.6 is 11.6 Å². The lowest BCUT2D eigenvalue weighted by molar-refractivity contribution is -0.264. The number of ether oxygens (including phenoxy) is 2. The molecule has 4 nitrogen and oxygen atoms in total. The van der Waals surface area contributed by atoms with Crippen LogP contribution in [0.2, 0.25) is 5.02 Å². The van der Waals surface area contributed by atoms with E-state index in [2.05, 4.69) is 4.98 Å². The van der Waals surface area contributed by atoms with E-state index >= 15 is 0 Å². The van der Waals surface area contributed by atoms with Gasteiger partial charge in [-0.25, -0.2) is 0 Å². The van der Waals surface area contributed by atoms with Gasteiger partial charge in [-0.2, -0.15) is 0 Å². The van der Waals surface area contributed by atoms with Gasteiger partial charge in [-0.05, 0) is 31.2 Å². The number of fused-ring (bicyclic) bond motifs is 3. The molecule has 0 aliphatic heterocycles. The molecule has 1 atom stereocenters. The van der Waals surface area contributed by atoms with E-state index in [-0.39, 0.29) is 0 Å². The van der Waals surface area contributed by atoms with Crippen LogP contribution in [-0.2, 0) is 15.3 Å². The first-order chi connectivity index (χ1) is 10.5. The van der Waals surface area contributed by atoms with Gasteiger partial charge in [-0.15, -0.1) is 0 Å². The predicted molar refractivity (Wildman–Crippen MR) is 88.2 cm³/mol. The fraction of sp³-hybridized carbons (Fsp3) is 0.294. The van der Waals surface area contributed by atoms with Crippen molar-refractivity contribution in [3.05, 3.63) is 47.0 Å². The molecule has 0 aliphatic carbocycles. The molecule has 0 aliphatic rings. The molecule has 1 unspecified atom stereocenters. The van der Waals surface area contributed by atoms with Gasteiger partial charge in [-0.3, -0.25) is 0 Å². The van der Waals surface area contributed by atoms with Gasteiger partial charge in [0.05, 0.1) is 0 Å². The van der Waals surface area contributed by atoms with Crippen molar-refractivity contribution in [1.82, 2.24) is 4.98 Å². The third kappa shape index (κ3) is 2.20. The highest BCUT2D eigenvalue weighted by atomic mass is 35.5. The number of aliphatic hydroxyl groups excluding tert-OH is 1. The van der Waals surface area contributed by atoms with E-state index in [0.717, 1.165) is 27.4 Å². The highest BCUT2D eigenvalue weighted by molar-refractivity contribution is 6.31. The first kappa shape index (κ1) is 15.3. The largest absolute Gasteiger partial charge is 0.387 e. The Bertz CT molecular complexity index is 821. The maximum atomic E-state index is 10.1. The number of aliphatic hydroxyl groups is 1. The molecule has 0 saturated heterocycles. The lowest BCUT2D eigenvalue weighted by atomic mass is 9.99. The maximum Gasteiger partial charge on any atom is 0.221 e. The minimum atomic E-state index is -1.19. The first-order valence-corrected chi connectivity index (χ1v) is 7.39. The quantitative estimate of drug-likeness (QED) is 0.719. The number of hydrogen-bond acceptors (Lipinski definition) is 3. The van der Waals surface area contributed by atoms with E-state index < -0.39 is 11.9 Å². The number of hydrogen-bond donors (Lipinski definition) is 2. The molecule has 0 amide bonds. The number of aromatic nitrogens is 1. The van der Waals surface area contributed by atoms with E-state index in [4.69, 9.17) is 21.1 Å². The molecule has 0 saturated carbocycles. The van der Waals surface area contributed by atoms with Gasteiger partial charge >= 0.3 is 0 Å². The van der Waals surface area contributed by atoms with Gasteiger partial charge in [0.15, 0.2) is 0 Å². The Morgan fingerprint density at radius 1 is 1.05 bits per heavy atom. The molecule has 0 spiro atoms. The average molecular weight is 320 g/mol. The molecule has 1 heterocycles. The molecule has 22 heavy (non-hydrogen) atoms. The molecule has 116 valence electrons. The number of aromatic amines is 1. The summed E-state index contributed by atoms with van der Waals surface area (Å²) in [5, 5.41) is 12.9. The van der Waals surface area contributed by atoms with Crippen LogP contribution in [0.15, 0.2) is 36.4 Å². The Balaban J connectivity index is 2.23. The third-order valence-corrected chi connectivity index (χ3v) is 4.35. The zero-order chi connectivity index (χ0) is 15.9. The van der Waals surface area contributed by atoms with Gasteiger partial charge in [0.1, 0.15) is 6.10 Å². The number of H-pyrrole nitrogens is 1. The van der Waals surface area contributed by atoms with Crippen LogP contribution in [-0.4, -0.2) is 30.4 Å². The highest BCUT2D eigenvalue weighted by Crippen LogP contribution is 2.34. The topological polar surface area (TPSA) is 54.5 Å². The summed E-state index contributed by atoms with van der Waals surface area (Å²) in [6, 6.07) is 11.6. The Morgan fingerprint density at radius 3 is 2.41 bits per heavy atom. The second-order valence-electron chi connectivity index (χ2n) is 5.33. The second kappa shape index (κ2) is 5.56. The fourth-order valence-corrected chi connectivity index (χ4v) is 3.17. The van der Waals surface area contributed by atoms with Crippen LogP contribution in [0.1, 0.15) is 12.5 Å². The minimum absolute atomic E-state index is 0.699. The second-order valence-corrected chi connectivity index (χ2v) is 5.76. The molecule has 3 rings (SSSR count). The Morgan fingerprint density at radius 2 is 1.77 bits per heavy atom. The zero-order valence-electron chi connectivity index (χ0n) is 12.7. The van der Waals surface area contributed by atoms with E-state index in [1.54, 1.807) is 6.92 Å². The summed E-state index contributed by atoms with van der Waals surface area (Å²) in [4.78, 5) is 3.35. The normalized spacial score (nSPS) is 13.9. The molecular formula is C17H18ClNO3. The van der Waals surface area contributed by atoms with Gasteiger partial charge in [0.2, 0.25) is 5.79 Å². The minimum Gasteiger partial charge on any atom is -0.387 e. The van der Waals surface area contributed by atoms with Crippen LogP contribution in [0.25, 0.3) is 21.8 Å². The molecule has 0 radical (unpaired) electrons. The van der Waals surface area contributed by atoms with Gasteiger partial charge < -0.3 is 19.6 Å². The molecule has 3 aromatic rings. The molecule has 2 aromatic carbocycles. The maximum absolute atomic E-state index is 10.1. The van der Waals surface area contributed by atoms with Crippen LogP contribution in [0.5, 0.6) is 0 Å². The summed E-state index contributed by atoms with van der Waals surface area (Å²) in [6.07, 6.45) is -0.821. The number of nitrogens with one attached hydrogen (secondary N) is 1. The Labute approximate surface area is 133 Å². The average Bonchev–Trinajstić information content (AvgIpc) is 2.86. The summed E-state index contributed by atoms with van der Waals surface area (Å²) in [7, 11) is 3.04. The molecular weight excluding hydrogens is 302 g/mol. The van der Waals surface area contributed by atoms with Crippen molar-refractivity contribution in [1.29, 1.82) is 0 Å². The summed E-state index contributed by atoms with van der Waals surface area (Å²) >= 11 is 6.08. The number of methoxy groups -OCH3 is 2. The highest BCUT2D eigenvalue weighted by Gasteiger charge is 2.38. The van der Waals surface area contributed by atoms with Crippen molar-refractivity contribution in [2.24, 2.45) is 0 Å². The Kier molecular flexibility index (Phi) is 3.87. The number of benzene rings is 2. The summed E-state index contributed by atoms with van der Waals surface area (Å²) in [5.41, 5.74) is 2.69. The van der Waals surface area contributed by atoms with Crippen molar-refractivity contribution >= 4 is 33.4 Å². The molecule has 5 heteroatoms. The Hall–Kier alpha value is -1.59. The summed E-state index contributed by atoms with van der Waals surface area (Å²) in [5.74, 6) is -1.19. The lowest BCUT2D eigenvalue weighted by Gasteiger charge is -2.33. The monoisotopic (exact) mass is 319 g/mol. The van der Waals surface area contributed by atoms with E-state index in [1.807, 2.05) is 36.4 Å². The van der Waals surface area contributed by atoms with Gasteiger partial charge in [0.25, 0.3) is 0 Å². The van der Waals surface area contributed by atoms with E-state index in [0.29, 0.717) is 5.02 Å². The van der Waals surface area contributed by atoms with Crippen LogP contribution in [0, 0.1) is 0 Å². The van der Waals surface area contributed by atoms with Gasteiger partial charge in [-0.1, -0.05) is 23.7 Å². The molecule has 0 fully saturated rings. The SMILES string of the molecule is COC(OC)(c1ccc2c(c1)[nH]c1ccc(Cl)cc12)C(C)O. The van der Waals surface area contributed by atoms with Crippen molar-refractivity contribution in [2.45, 2.75) is 18.8 Å². The van der Waals surface area contributed by atoms with Crippen molar-refractivity contribution in [3.63, 3.8) is 0 Å². The van der Waals surface area contributed by atoms with E-state index in [1.165, 1.54) is 14.2 Å². The summed E-state index contributed by atoms with van der Waals surface area (Å²) in [6.45, 7) is 1.64. The standard InChI is InChI=1S/C17H18ClNO3/c1-10(20)17(21-2,22-3)11-4-6-13-14-9-12(18)5-7-15(14)19-16(13)8-11/h4-10,19-20H,1-3H3. The molecule has 2 N–H and O–H groups in total. The summed E-state index contributed by atoms with van der Waals surface area (Å²) < 4.78 is 10.9. The van der Waals surface area contributed by atoms with Crippen molar-refractivity contribution in [2.75, 3.05) is 14.2 Å². The van der Waals surface area contributed by atoms with E-state index in [9.17, 15) is 5.11 Å². The third-order valence-electron chi connectivity index (χ3n) is 4.12. The molecule has 0 bridgehead atoms. The number of halogens is 1. The lowest BCUT2D eigenvalue weighted by Crippen LogP contribution is -2.41. The van der Waals surface area contributed by atoms with Crippen molar-refractivity contribution < 1.29 is 14.6 Å². The van der Waals surface area contributed by atoms with Crippen LogP contribution in [0.4, 0.5) is 0 Å². The van der Waals surface area contributed by atoms with Gasteiger partial charge in [0, 0.05) is 46.6 Å². The van der Waals surface area contributed by atoms with Crippen molar-refractivity contribution in [3.8, 4) is 0 Å². The zero-order valence-corrected chi connectivity index (χ0v) is 13.4.